The number of benzene rings is 2. The second-order valence-electron chi connectivity index (χ2n) is 5.53. The number of halogens is 1. The van der Waals surface area contributed by atoms with Crippen LogP contribution in [0.15, 0.2) is 46.9 Å². The van der Waals surface area contributed by atoms with Crippen LogP contribution in [-0.2, 0) is 0 Å². The van der Waals surface area contributed by atoms with E-state index < -0.39 is 0 Å². The van der Waals surface area contributed by atoms with Crippen LogP contribution >= 0.6 is 15.9 Å². The second kappa shape index (κ2) is 8.02. The molecule has 1 N–H and O–H groups in total. The van der Waals surface area contributed by atoms with Crippen molar-refractivity contribution in [2.75, 3.05) is 19.0 Å². The van der Waals surface area contributed by atoms with Crippen LogP contribution in [0.2, 0.25) is 0 Å². The van der Waals surface area contributed by atoms with Crippen molar-refractivity contribution in [2.24, 2.45) is 5.92 Å². The summed E-state index contributed by atoms with van der Waals surface area (Å²) in [7, 11) is 1.54. The average molecular weight is 378 g/mol. The molecule has 0 fully saturated rings. The lowest BCUT2D eigenvalue weighted by molar-refractivity contribution is 0.102. The van der Waals surface area contributed by atoms with E-state index in [0.717, 1.165) is 10.2 Å². The van der Waals surface area contributed by atoms with Gasteiger partial charge in [0.25, 0.3) is 5.91 Å². The van der Waals surface area contributed by atoms with Gasteiger partial charge in [-0.05, 0) is 48.4 Å². The number of ether oxygens (including phenoxy) is 2. The molecule has 0 aliphatic carbocycles. The SMILES string of the molecule is COc1ccc(Br)cc1C(=O)Nc1ccc(OCC(C)C)cc1. The molecule has 2 aromatic rings. The van der Waals surface area contributed by atoms with Gasteiger partial charge in [-0.2, -0.15) is 0 Å². The molecule has 0 radical (unpaired) electrons. The average Bonchev–Trinajstić information content (AvgIpc) is 2.54. The minimum absolute atomic E-state index is 0.223. The van der Waals surface area contributed by atoms with Crippen molar-refractivity contribution in [3.8, 4) is 11.5 Å². The van der Waals surface area contributed by atoms with E-state index in [4.69, 9.17) is 9.47 Å². The quantitative estimate of drug-likeness (QED) is 0.790. The fourth-order valence-corrected chi connectivity index (χ4v) is 2.31. The van der Waals surface area contributed by atoms with Gasteiger partial charge >= 0.3 is 0 Å². The van der Waals surface area contributed by atoms with Crippen LogP contribution < -0.4 is 14.8 Å². The number of carbonyl (C=O) groups excluding carboxylic acids is 1. The molecule has 0 unspecified atom stereocenters. The Kier molecular flexibility index (Phi) is 6.04. The maximum atomic E-state index is 12.4. The lowest BCUT2D eigenvalue weighted by Gasteiger charge is -2.11. The highest BCUT2D eigenvalue weighted by molar-refractivity contribution is 9.10. The van der Waals surface area contributed by atoms with Crippen LogP contribution in [0.1, 0.15) is 24.2 Å². The zero-order valence-electron chi connectivity index (χ0n) is 13.4. The predicted molar refractivity (Wildman–Crippen MR) is 95.4 cm³/mol. The first-order chi connectivity index (χ1) is 11.0. The Morgan fingerprint density at radius 1 is 1.17 bits per heavy atom. The van der Waals surface area contributed by atoms with Crippen molar-refractivity contribution < 1.29 is 14.3 Å². The van der Waals surface area contributed by atoms with E-state index in [9.17, 15) is 4.79 Å². The summed E-state index contributed by atoms with van der Waals surface area (Å²) in [6.45, 7) is 4.86. The lowest BCUT2D eigenvalue weighted by atomic mass is 10.2. The van der Waals surface area contributed by atoms with Crippen molar-refractivity contribution in [3.05, 3.63) is 52.5 Å². The summed E-state index contributed by atoms with van der Waals surface area (Å²) < 4.78 is 11.7. The Hall–Kier alpha value is -2.01. The molecule has 0 heterocycles. The molecule has 2 aromatic carbocycles. The highest BCUT2D eigenvalue weighted by Crippen LogP contribution is 2.24. The monoisotopic (exact) mass is 377 g/mol. The van der Waals surface area contributed by atoms with Gasteiger partial charge in [-0.3, -0.25) is 4.79 Å². The molecule has 0 aromatic heterocycles. The van der Waals surface area contributed by atoms with E-state index in [1.807, 2.05) is 30.3 Å². The van der Waals surface area contributed by atoms with Gasteiger partial charge in [0.05, 0.1) is 19.3 Å². The maximum absolute atomic E-state index is 12.4. The van der Waals surface area contributed by atoms with Gasteiger partial charge in [-0.15, -0.1) is 0 Å². The highest BCUT2D eigenvalue weighted by atomic mass is 79.9. The number of hydrogen-bond donors (Lipinski definition) is 1. The normalized spacial score (nSPS) is 10.5. The second-order valence-corrected chi connectivity index (χ2v) is 6.44. The Morgan fingerprint density at radius 3 is 2.48 bits per heavy atom. The largest absolute Gasteiger partial charge is 0.496 e. The third-order valence-electron chi connectivity index (χ3n) is 3.10. The number of amides is 1. The molecule has 0 aliphatic heterocycles. The van der Waals surface area contributed by atoms with Crippen LogP contribution in [0.25, 0.3) is 0 Å². The fraction of sp³-hybridized carbons (Fsp3) is 0.278. The molecule has 1 amide bonds. The van der Waals surface area contributed by atoms with Gasteiger partial charge in [-0.1, -0.05) is 29.8 Å². The van der Waals surface area contributed by atoms with Crippen LogP contribution in [0.4, 0.5) is 5.69 Å². The molecular weight excluding hydrogens is 358 g/mol. The molecule has 0 atom stereocenters. The number of anilines is 1. The molecule has 0 saturated heterocycles. The van der Waals surface area contributed by atoms with Gasteiger partial charge in [-0.25, -0.2) is 0 Å². The summed E-state index contributed by atoms with van der Waals surface area (Å²) in [5.74, 6) is 1.57. The Morgan fingerprint density at radius 2 is 1.87 bits per heavy atom. The van der Waals surface area contributed by atoms with Crippen molar-refractivity contribution in [1.82, 2.24) is 0 Å². The number of carbonyl (C=O) groups is 1. The van der Waals surface area contributed by atoms with E-state index in [-0.39, 0.29) is 5.91 Å². The molecule has 23 heavy (non-hydrogen) atoms. The van der Waals surface area contributed by atoms with Gasteiger partial charge < -0.3 is 14.8 Å². The van der Waals surface area contributed by atoms with Gasteiger partial charge in [0.1, 0.15) is 11.5 Å². The number of hydrogen-bond acceptors (Lipinski definition) is 3. The molecule has 0 aliphatic rings. The zero-order chi connectivity index (χ0) is 16.8. The van der Waals surface area contributed by atoms with Crippen molar-refractivity contribution in [1.29, 1.82) is 0 Å². The van der Waals surface area contributed by atoms with Crippen LogP contribution in [-0.4, -0.2) is 19.6 Å². The maximum Gasteiger partial charge on any atom is 0.259 e. The third-order valence-corrected chi connectivity index (χ3v) is 3.59. The smallest absolute Gasteiger partial charge is 0.259 e. The first-order valence-corrected chi connectivity index (χ1v) is 8.16. The van der Waals surface area contributed by atoms with Gasteiger partial charge in [0, 0.05) is 10.2 Å². The van der Waals surface area contributed by atoms with E-state index in [1.165, 1.54) is 0 Å². The van der Waals surface area contributed by atoms with E-state index in [0.29, 0.717) is 29.5 Å². The predicted octanol–water partition coefficient (Wildman–Crippen LogP) is 4.74. The number of nitrogens with one attached hydrogen (secondary N) is 1. The minimum Gasteiger partial charge on any atom is -0.496 e. The molecule has 4 nitrogen and oxygen atoms in total. The summed E-state index contributed by atoms with van der Waals surface area (Å²) in [5.41, 5.74) is 1.18. The number of methoxy groups -OCH3 is 1. The number of rotatable bonds is 6. The zero-order valence-corrected chi connectivity index (χ0v) is 15.0. The Bertz CT molecular complexity index is 668. The first kappa shape index (κ1) is 17.3. The Labute approximate surface area is 144 Å². The van der Waals surface area contributed by atoms with Crippen LogP contribution in [0.3, 0.4) is 0 Å². The summed E-state index contributed by atoms with van der Waals surface area (Å²) >= 11 is 3.37. The molecule has 2 rings (SSSR count). The summed E-state index contributed by atoms with van der Waals surface area (Å²) in [6.07, 6.45) is 0. The summed E-state index contributed by atoms with van der Waals surface area (Å²) in [6, 6.07) is 12.6. The fourth-order valence-electron chi connectivity index (χ4n) is 1.95. The minimum atomic E-state index is -0.223. The summed E-state index contributed by atoms with van der Waals surface area (Å²) in [4.78, 5) is 12.4. The molecule has 0 spiro atoms. The van der Waals surface area contributed by atoms with E-state index in [1.54, 1.807) is 19.2 Å². The third kappa shape index (κ3) is 4.99. The van der Waals surface area contributed by atoms with Crippen LogP contribution in [0, 0.1) is 5.92 Å². The molecule has 5 heteroatoms. The first-order valence-electron chi connectivity index (χ1n) is 7.37. The molecule has 0 bridgehead atoms. The molecular formula is C18H20BrNO3. The highest BCUT2D eigenvalue weighted by Gasteiger charge is 2.13. The standard InChI is InChI=1S/C18H20BrNO3/c1-12(2)11-23-15-7-5-14(6-8-15)20-18(21)16-10-13(19)4-9-17(16)22-3/h4-10,12H,11H2,1-3H3,(H,20,21). The molecule has 0 saturated carbocycles. The van der Waals surface area contributed by atoms with Crippen LogP contribution in [0.5, 0.6) is 11.5 Å². The lowest BCUT2D eigenvalue weighted by Crippen LogP contribution is -2.13. The molecule has 122 valence electrons. The van der Waals surface area contributed by atoms with Crippen molar-refractivity contribution in [2.45, 2.75) is 13.8 Å². The van der Waals surface area contributed by atoms with E-state index in [2.05, 4.69) is 35.1 Å². The van der Waals surface area contributed by atoms with Gasteiger partial charge in [0.2, 0.25) is 0 Å². The van der Waals surface area contributed by atoms with Crippen molar-refractivity contribution >= 4 is 27.5 Å². The van der Waals surface area contributed by atoms with E-state index >= 15 is 0 Å². The topological polar surface area (TPSA) is 47.6 Å². The van der Waals surface area contributed by atoms with Crippen molar-refractivity contribution in [3.63, 3.8) is 0 Å². The Balaban J connectivity index is 2.07. The van der Waals surface area contributed by atoms with Gasteiger partial charge in [0.15, 0.2) is 0 Å². The summed E-state index contributed by atoms with van der Waals surface area (Å²) in [5, 5.41) is 2.86.